The summed E-state index contributed by atoms with van der Waals surface area (Å²) >= 11 is 5.93. The van der Waals surface area contributed by atoms with E-state index in [0.717, 1.165) is 5.56 Å². The molecule has 2 rings (SSSR count). The van der Waals surface area contributed by atoms with Gasteiger partial charge >= 0.3 is 0 Å². The Kier molecular flexibility index (Phi) is 4.23. The molecule has 0 saturated carbocycles. The Labute approximate surface area is 122 Å². The molecule has 0 aliphatic carbocycles. The van der Waals surface area contributed by atoms with Gasteiger partial charge in [0.15, 0.2) is 0 Å². The Morgan fingerprint density at radius 1 is 1.40 bits per heavy atom. The Bertz CT molecular complexity index is 632. The van der Waals surface area contributed by atoms with Crippen LogP contribution in [0.3, 0.4) is 0 Å². The van der Waals surface area contributed by atoms with E-state index in [1.807, 2.05) is 12.1 Å². The summed E-state index contributed by atoms with van der Waals surface area (Å²) in [6, 6.07) is 12.5. The lowest BCUT2D eigenvalue weighted by Gasteiger charge is -2.24. The fourth-order valence-electron chi connectivity index (χ4n) is 1.75. The average molecular weight is 288 g/mol. The molecule has 0 spiro atoms. The maximum absolute atomic E-state index is 10.5. The molecule has 0 aliphatic heterocycles. The van der Waals surface area contributed by atoms with Crippen molar-refractivity contribution in [2.75, 3.05) is 11.9 Å². The predicted octanol–water partition coefficient (Wildman–Crippen LogP) is 2.93. The minimum atomic E-state index is -1.07. The van der Waals surface area contributed by atoms with Crippen molar-refractivity contribution in [2.45, 2.75) is 12.5 Å². The first kappa shape index (κ1) is 14.3. The minimum Gasteiger partial charge on any atom is -0.384 e. The summed E-state index contributed by atoms with van der Waals surface area (Å²) in [5.74, 6) is 0.603. The van der Waals surface area contributed by atoms with Crippen LogP contribution >= 0.6 is 11.6 Å². The second-order valence-electron chi connectivity index (χ2n) is 4.68. The normalized spacial score (nSPS) is 13.3. The summed E-state index contributed by atoms with van der Waals surface area (Å²) < 4.78 is 0. The molecule has 0 bridgehead atoms. The number of halogens is 1. The Balaban J connectivity index is 2.06. The molecule has 0 radical (unpaired) electrons. The van der Waals surface area contributed by atoms with Gasteiger partial charge in [0, 0.05) is 17.8 Å². The zero-order valence-electron chi connectivity index (χ0n) is 11.0. The molecule has 2 N–H and O–H groups in total. The van der Waals surface area contributed by atoms with Gasteiger partial charge in [-0.05, 0) is 36.8 Å². The van der Waals surface area contributed by atoms with Crippen LogP contribution in [0.1, 0.15) is 18.1 Å². The zero-order chi connectivity index (χ0) is 14.6. The van der Waals surface area contributed by atoms with Crippen LogP contribution in [-0.4, -0.2) is 16.6 Å². The summed E-state index contributed by atoms with van der Waals surface area (Å²) in [7, 11) is 0. The SMILES string of the molecule is C[C@](O)(CNc1ccc(C#N)cn1)c1cccc(Cl)c1. The smallest absolute Gasteiger partial charge is 0.126 e. The first-order chi connectivity index (χ1) is 9.51. The lowest BCUT2D eigenvalue weighted by atomic mass is 9.96. The van der Waals surface area contributed by atoms with Crippen LogP contribution in [0.4, 0.5) is 5.82 Å². The largest absolute Gasteiger partial charge is 0.384 e. The molecular formula is C15H14ClN3O. The number of anilines is 1. The Morgan fingerprint density at radius 3 is 2.80 bits per heavy atom. The highest BCUT2D eigenvalue weighted by Crippen LogP contribution is 2.23. The van der Waals surface area contributed by atoms with E-state index in [4.69, 9.17) is 16.9 Å². The number of hydrogen-bond donors (Lipinski definition) is 2. The van der Waals surface area contributed by atoms with Crippen molar-refractivity contribution in [3.05, 3.63) is 58.7 Å². The summed E-state index contributed by atoms with van der Waals surface area (Å²) in [5, 5.41) is 22.8. The second-order valence-corrected chi connectivity index (χ2v) is 5.12. The van der Waals surface area contributed by atoms with Gasteiger partial charge in [0.25, 0.3) is 0 Å². The van der Waals surface area contributed by atoms with Gasteiger partial charge in [0.2, 0.25) is 0 Å². The fraction of sp³-hybridized carbons (Fsp3) is 0.200. The lowest BCUT2D eigenvalue weighted by molar-refractivity contribution is 0.0714. The van der Waals surface area contributed by atoms with Crippen molar-refractivity contribution in [1.29, 1.82) is 5.26 Å². The standard InChI is InChI=1S/C15H14ClN3O/c1-15(20,12-3-2-4-13(16)7-12)10-19-14-6-5-11(8-17)9-18-14/h2-7,9,20H,10H2,1H3,(H,18,19)/t15-/m0/s1. The van der Waals surface area contributed by atoms with E-state index in [-0.39, 0.29) is 6.54 Å². The zero-order valence-corrected chi connectivity index (χ0v) is 11.7. The number of hydrogen-bond acceptors (Lipinski definition) is 4. The van der Waals surface area contributed by atoms with Crippen LogP contribution in [0.2, 0.25) is 5.02 Å². The van der Waals surface area contributed by atoms with Gasteiger partial charge in [0.1, 0.15) is 17.5 Å². The number of aliphatic hydroxyl groups is 1. The third kappa shape index (κ3) is 3.47. The average Bonchev–Trinajstić information content (AvgIpc) is 2.46. The minimum absolute atomic E-state index is 0.284. The van der Waals surface area contributed by atoms with E-state index >= 15 is 0 Å². The first-order valence-electron chi connectivity index (χ1n) is 6.10. The third-order valence-corrected chi connectivity index (χ3v) is 3.19. The van der Waals surface area contributed by atoms with Gasteiger partial charge in [-0.2, -0.15) is 5.26 Å². The number of nitrogens with one attached hydrogen (secondary N) is 1. The van der Waals surface area contributed by atoms with E-state index < -0.39 is 5.60 Å². The molecule has 0 unspecified atom stereocenters. The van der Waals surface area contributed by atoms with E-state index in [1.54, 1.807) is 37.3 Å². The van der Waals surface area contributed by atoms with Gasteiger partial charge in [-0.1, -0.05) is 23.7 Å². The molecule has 102 valence electrons. The summed E-state index contributed by atoms with van der Waals surface area (Å²) in [5.41, 5.74) is 0.156. The van der Waals surface area contributed by atoms with Crippen molar-refractivity contribution in [1.82, 2.24) is 4.98 Å². The number of nitriles is 1. The number of benzene rings is 1. The molecule has 0 aliphatic rings. The van der Waals surface area contributed by atoms with E-state index in [0.29, 0.717) is 16.4 Å². The van der Waals surface area contributed by atoms with Crippen LogP contribution < -0.4 is 5.32 Å². The molecule has 1 aromatic carbocycles. The number of rotatable bonds is 4. The first-order valence-corrected chi connectivity index (χ1v) is 6.47. The maximum atomic E-state index is 10.5. The van der Waals surface area contributed by atoms with Crippen LogP contribution in [0.25, 0.3) is 0 Å². The van der Waals surface area contributed by atoms with E-state index in [9.17, 15) is 5.11 Å². The molecule has 1 aromatic heterocycles. The summed E-state index contributed by atoms with van der Waals surface area (Å²) in [6.07, 6.45) is 1.48. The monoisotopic (exact) mass is 287 g/mol. The molecule has 0 amide bonds. The van der Waals surface area contributed by atoms with Crippen molar-refractivity contribution >= 4 is 17.4 Å². The van der Waals surface area contributed by atoms with Gasteiger partial charge in [0.05, 0.1) is 5.56 Å². The molecule has 2 aromatic rings. The molecule has 5 heteroatoms. The van der Waals surface area contributed by atoms with Crippen LogP contribution in [-0.2, 0) is 5.60 Å². The van der Waals surface area contributed by atoms with E-state index in [1.165, 1.54) is 6.20 Å². The van der Waals surface area contributed by atoms with Crippen LogP contribution in [0, 0.1) is 11.3 Å². The number of nitrogens with zero attached hydrogens (tertiary/aromatic N) is 2. The topological polar surface area (TPSA) is 68.9 Å². The van der Waals surface area contributed by atoms with Gasteiger partial charge in [-0.25, -0.2) is 4.98 Å². The van der Waals surface area contributed by atoms with Crippen molar-refractivity contribution < 1.29 is 5.11 Å². The summed E-state index contributed by atoms with van der Waals surface area (Å²) in [4.78, 5) is 4.09. The summed E-state index contributed by atoms with van der Waals surface area (Å²) in [6.45, 7) is 1.99. The lowest BCUT2D eigenvalue weighted by Crippen LogP contribution is -2.30. The van der Waals surface area contributed by atoms with Gasteiger partial charge < -0.3 is 10.4 Å². The maximum Gasteiger partial charge on any atom is 0.126 e. The molecule has 20 heavy (non-hydrogen) atoms. The molecule has 4 nitrogen and oxygen atoms in total. The van der Waals surface area contributed by atoms with E-state index in [2.05, 4.69) is 10.3 Å². The Morgan fingerprint density at radius 2 is 2.20 bits per heavy atom. The highest BCUT2D eigenvalue weighted by atomic mass is 35.5. The van der Waals surface area contributed by atoms with Crippen LogP contribution in [0.15, 0.2) is 42.6 Å². The van der Waals surface area contributed by atoms with Crippen LogP contribution in [0.5, 0.6) is 0 Å². The number of pyridine rings is 1. The Hall–Kier alpha value is -2.09. The molecule has 0 saturated heterocycles. The molecule has 1 atom stereocenters. The van der Waals surface area contributed by atoms with Crippen molar-refractivity contribution in [2.24, 2.45) is 0 Å². The molecular weight excluding hydrogens is 274 g/mol. The predicted molar refractivity (Wildman–Crippen MR) is 78.5 cm³/mol. The molecule has 0 fully saturated rings. The highest BCUT2D eigenvalue weighted by Gasteiger charge is 2.23. The second kappa shape index (κ2) is 5.91. The van der Waals surface area contributed by atoms with Crippen molar-refractivity contribution in [3.63, 3.8) is 0 Å². The fourth-order valence-corrected chi connectivity index (χ4v) is 1.94. The third-order valence-electron chi connectivity index (χ3n) is 2.95. The highest BCUT2D eigenvalue weighted by molar-refractivity contribution is 6.30. The van der Waals surface area contributed by atoms with Gasteiger partial charge in [-0.3, -0.25) is 0 Å². The quantitative estimate of drug-likeness (QED) is 0.907. The molecule has 1 heterocycles. The van der Waals surface area contributed by atoms with Gasteiger partial charge in [-0.15, -0.1) is 0 Å². The number of aromatic nitrogens is 1. The van der Waals surface area contributed by atoms with Crippen molar-refractivity contribution in [3.8, 4) is 6.07 Å².